The molecule has 18 heteroatoms. The molecule has 226 valence electrons. The Labute approximate surface area is 250 Å². The van der Waals surface area contributed by atoms with Gasteiger partial charge in [-0.3, -0.25) is 9.35 Å². The second kappa shape index (κ2) is 15.4. The molecule has 4 rings (SSSR count). The van der Waals surface area contributed by atoms with E-state index in [1.54, 1.807) is 48.5 Å². The summed E-state index contributed by atoms with van der Waals surface area (Å²) in [4.78, 5) is 22.6. The summed E-state index contributed by atoms with van der Waals surface area (Å²) >= 11 is 0. The molecule has 0 aromatic heterocycles. The van der Waals surface area contributed by atoms with E-state index < -0.39 is 26.8 Å². The average Bonchev–Trinajstić information content (AvgIpc) is 2.97. The summed E-state index contributed by atoms with van der Waals surface area (Å²) in [6.07, 6.45) is 0. The molecule has 0 bridgehead atoms. The molecule has 0 atom stereocenters. The number of hydrogen-bond donors (Lipinski definition) is 4. The fourth-order valence-electron chi connectivity index (χ4n) is 3.16. The lowest BCUT2D eigenvalue weighted by Crippen LogP contribution is -2.19. The molecule has 0 unspecified atom stereocenters. The van der Waals surface area contributed by atoms with Crippen LogP contribution < -0.4 is 15.4 Å². The van der Waals surface area contributed by atoms with Gasteiger partial charge in [-0.25, -0.2) is 4.79 Å². The van der Waals surface area contributed by atoms with Gasteiger partial charge in [0.15, 0.2) is 11.5 Å². The van der Waals surface area contributed by atoms with Crippen molar-refractivity contribution in [3.05, 3.63) is 91.0 Å². The second-order valence-corrected chi connectivity index (χ2v) is 9.95. The Morgan fingerprint density at radius 3 is 1.66 bits per heavy atom. The van der Waals surface area contributed by atoms with Gasteiger partial charge in [0.05, 0.1) is 27.6 Å². The van der Waals surface area contributed by atoms with Crippen LogP contribution in [0, 0.1) is 0 Å². The standard InChI is InChI=1S/C26H20N6O7S.O3S/c33-16-39-25-15-22(12-13-24(25)34)32-30-20-10-6-18(7-11-20)28-26(35)27-17-4-8-19(9-5-17)29-31-21-2-1-3-23(14-21)40(36,37)38;1-4(2)3/h1-16,34H,(H2,27,28,35)(H,36,37,38);. The average molecular weight is 641 g/mol. The molecule has 0 heterocycles. The number of nitrogens with one attached hydrogen (secondary N) is 2. The SMILES string of the molecule is O=COc1cc(N=Nc2ccc(NC(=O)Nc3ccc(N=Nc4cccc(S(=O)(=O)O)c4)cc3)cc2)ccc1O.O=S(=O)=O. The van der Waals surface area contributed by atoms with E-state index in [-0.39, 0.29) is 28.6 Å². The van der Waals surface area contributed by atoms with Crippen LogP contribution in [0.1, 0.15) is 0 Å². The van der Waals surface area contributed by atoms with E-state index in [4.69, 9.17) is 17.2 Å². The Hall–Kier alpha value is -5.85. The first-order valence-corrected chi connectivity index (χ1v) is 14.3. The van der Waals surface area contributed by atoms with Crippen molar-refractivity contribution in [1.82, 2.24) is 0 Å². The van der Waals surface area contributed by atoms with Crippen LogP contribution in [-0.4, -0.2) is 43.2 Å². The van der Waals surface area contributed by atoms with Crippen molar-refractivity contribution in [1.29, 1.82) is 0 Å². The predicted octanol–water partition coefficient (Wildman–Crippen LogP) is 5.64. The van der Waals surface area contributed by atoms with Gasteiger partial charge in [-0.2, -0.15) is 28.9 Å². The van der Waals surface area contributed by atoms with E-state index in [1.807, 2.05) is 0 Å². The van der Waals surface area contributed by atoms with Gasteiger partial charge in [-0.1, -0.05) is 6.07 Å². The van der Waals surface area contributed by atoms with Crippen molar-refractivity contribution in [2.45, 2.75) is 4.90 Å². The van der Waals surface area contributed by atoms with Gasteiger partial charge in [0.25, 0.3) is 16.6 Å². The van der Waals surface area contributed by atoms with Crippen LogP contribution in [-0.2, 0) is 25.5 Å². The quantitative estimate of drug-likeness (QED) is 0.0995. The Morgan fingerprint density at radius 2 is 1.18 bits per heavy atom. The highest BCUT2D eigenvalue weighted by molar-refractivity contribution is 7.85. The maximum atomic E-state index is 12.4. The van der Waals surface area contributed by atoms with Gasteiger partial charge in [0.2, 0.25) is 0 Å². The third-order valence-electron chi connectivity index (χ3n) is 5.05. The zero-order valence-corrected chi connectivity index (χ0v) is 23.6. The van der Waals surface area contributed by atoms with Crippen LogP contribution in [0.4, 0.5) is 38.9 Å². The summed E-state index contributed by atoms with van der Waals surface area (Å²) in [6, 6.07) is 22.0. The molecule has 0 radical (unpaired) electrons. The van der Waals surface area contributed by atoms with Crippen molar-refractivity contribution in [2.24, 2.45) is 20.5 Å². The van der Waals surface area contributed by atoms with Gasteiger partial charge < -0.3 is 20.5 Å². The summed E-state index contributed by atoms with van der Waals surface area (Å²) in [5, 5.41) is 31.1. The third kappa shape index (κ3) is 10.9. The number of urea groups is 1. The van der Waals surface area contributed by atoms with Crippen molar-refractivity contribution in [3.63, 3.8) is 0 Å². The summed E-state index contributed by atoms with van der Waals surface area (Å²) in [6.45, 7) is 0.195. The van der Waals surface area contributed by atoms with E-state index in [0.29, 0.717) is 28.4 Å². The molecule has 2 amide bonds. The number of aromatic hydroxyl groups is 1. The van der Waals surface area contributed by atoms with Crippen LogP contribution in [0.3, 0.4) is 0 Å². The molecule has 0 fully saturated rings. The maximum absolute atomic E-state index is 12.4. The highest BCUT2D eigenvalue weighted by Gasteiger charge is 2.09. The first-order chi connectivity index (χ1) is 20.9. The number of rotatable bonds is 9. The number of hydrogen-bond acceptors (Lipinski definition) is 13. The third-order valence-corrected chi connectivity index (χ3v) is 5.90. The lowest BCUT2D eigenvalue weighted by molar-refractivity contribution is -0.120. The number of phenols is 1. The first-order valence-electron chi connectivity index (χ1n) is 11.8. The zero-order valence-electron chi connectivity index (χ0n) is 22.0. The van der Waals surface area contributed by atoms with E-state index in [2.05, 4.69) is 35.8 Å². The number of anilines is 2. The highest BCUT2D eigenvalue weighted by atomic mass is 32.2. The smallest absolute Gasteiger partial charge is 0.425 e. The van der Waals surface area contributed by atoms with Crippen molar-refractivity contribution < 1.29 is 45.0 Å². The van der Waals surface area contributed by atoms with Crippen LogP contribution in [0.2, 0.25) is 0 Å². The Kier molecular flexibility index (Phi) is 11.4. The minimum Gasteiger partial charge on any atom is -0.504 e. The number of azo groups is 2. The molecule has 44 heavy (non-hydrogen) atoms. The van der Waals surface area contributed by atoms with Crippen molar-refractivity contribution in [3.8, 4) is 11.5 Å². The first kappa shape index (κ1) is 32.7. The molecule has 0 spiro atoms. The van der Waals surface area contributed by atoms with Crippen LogP contribution in [0.5, 0.6) is 11.5 Å². The van der Waals surface area contributed by atoms with Gasteiger partial charge in [-0.05, 0) is 78.9 Å². The molecule has 16 nitrogen and oxygen atoms in total. The Balaban J connectivity index is 0.00000124. The molecule has 0 aliphatic carbocycles. The van der Waals surface area contributed by atoms with E-state index in [0.717, 1.165) is 0 Å². The molecule has 4 aromatic rings. The fourth-order valence-corrected chi connectivity index (χ4v) is 3.68. The second-order valence-electron chi connectivity index (χ2n) is 8.12. The predicted molar refractivity (Wildman–Crippen MR) is 155 cm³/mol. The lowest BCUT2D eigenvalue weighted by atomic mass is 10.3. The summed E-state index contributed by atoms with van der Waals surface area (Å²) in [5.74, 6) is -0.247. The van der Waals surface area contributed by atoms with Crippen molar-refractivity contribution >= 4 is 67.4 Å². The minimum absolute atomic E-state index is 0.0416. The van der Waals surface area contributed by atoms with Crippen LogP contribution in [0.15, 0.2) is 116 Å². The number of amides is 2. The van der Waals surface area contributed by atoms with E-state index in [9.17, 15) is 23.1 Å². The monoisotopic (exact) mass is 640 g/mol. The van der Waals surface area contributed by atoms with Gasteiger partial charge in [-0.15, -0.1) is 12.6 Å². The molecular weight excluding hydrogens is 620 g/mol. The van der Waals surface area contributed by atoms with Gasteiger partial charge in [0.1, 0.15) is 0 Å². The lowest BCUT2D eigenvalue weighted by Gasteiger charge is -2.08. The summed E-state index contributed by atoms with van der Waals surface area (Å²) in [7, 11) is -7.46. The Bertz CT molecular complexity index is 1910. The summed E-state index contributed by atoms with van der Waals surface area (Å²) in [5.41, 5.74) is 2.53. The number of phenolic OH excluding ortho intramolecular Hbond substituents is 1. The minimum atomic E-state index is -4.34. The highest BCUT2D eigenvalue weighted by Crippen LogP contribution is 2.31. The molecule has 4 N–H and O–H groups in total. The molecule has 0 aliphatic heterocycles. The normalized spacial score (nSPS) is 10.9. The van der Waals surface area contributed by atoms with E-state index in [1.165, 1.54) is 42.5 Å². The topological polar surface area (TPSA) is 243 Å². The molecular formula is C26H20N6O10S2. The number of nitrogens with zero attached hydrogens (tertiary/aromatic N) is 4. The molecule has 0 aliphatic rings. The number of benzene rings is 4. The van der Waals surface area contributed by atoms with Gasteiger partial charge in [0, 0.05) is 17.4 Å². The largest absolute Gasteiger partial charge is 0.504 e. The Morgan fingerprint density at radius 1 is 0.727 bits per heavy atom. The number of carbonyl (C=O) groups excluding carboxylic acids is 2. The summed E-state index contributed by atoms with van der Waals surface area (Å²) < 4.78 is 61.6. The zero-order chi connectivity index (χ0) is 32.1. The van der Waals surface area contributed by atoms with Gasteiger partial charge >= 0.3 is 16.6 Å². The fraction of sp³-hybridized carbons (Fsp3) is 0. The number of ether oxygens (including phenoxy) is 1. The molecule has 0 saturated heterocycles. The van der Waals surface area contributed by atoms with Crippen LogP contribution in [0.25, 0.3) is 0 Å². The van der Waals surface area contributed by atoms with Crippen LogP contribution >= 0.6 is 0 Å². The van der Waals surface area contributed by atoms with Crippen molar-refractivity contribution in [2.75, 3.05) is 10.6 Å². The number of carbonyl (C=O) groups is 2. The molecule has 4 aromatic carbocycles. The van der Waals surface area contributed by atoms with E-state index >= 15 is 0 Å². The maximum Gasteiger partial charge on any atom is 0.425 e. The molecule has 0 saturated carbocycles.